The van der Waals surface area contributed by atoms with Gasteiger partial charge in [0, 0.05) is 24.7 Å². The van der Waals surface area contributed by atoms with E-state index in [1.807, 2.05) is 54.7 Å². The van der Waals surface area contributed by atoms with Crippen LogP contribution in [0.2, 0.25) is 0 Å². The van der Waals surface area contributed by atoms with Crippen LogP contribution in [0.5, 0.6) is 0 Å². The molecule has 3 nitrogen and oxygen atoms in total. The van der Waals surface area contributed by atoms with E-state index in [0.29, 0.717) is 5.56 Å². The molecule has 0 aliphatic rings. The lowest BCUT2D eigenvalue weighted by Crippen LogP contribution is -2.13. The second kappa shape index (κ2) is 6.17. The smallest absolute Gasteiger partial charge is 0.0991 e. The highest BCUT2D eigenvalue weighted by atomic mass is 14.8. The highest BCUT2D eigenvalue weighted by Crippen LogP contribution is 2.16. The number of nitrogens with zero attached hydrogens (tertiary/aromatic N) is 2. The van der Waals surface area contributed by atoms with Gasteiger partial charge in [0.2, 0.25) is 0 Å². The van der Waals surface area contributed by atoms with E-state index in [2.05, 4.69) is 22.4 Å². The number of benzene rings is 2. The summed E-state index contributed by atoms with van der Waals surface area (Å²) < 4.78 is 0. The van der Waals surface area contributed by atoms with Gasteiger partial charge in [-0.2, -0.15) is 5.26 Å². The van der Waals surface area contributed by atoms with Crippen LogP contribution in [0.1, 0.15) is 16.7 Å². The first kappa shape index (κ1) is 13.3. The molecule has 1 aromatic heterocycles. The zero-order valence-corrected chi connectivity index (χ0v) is 11.6. The Bertz CT molecular complexity index is 797. The van der Waals surface area contributed by atoms with E-state index < -0.39 is 0 Å². The van der Waals surface area contributed by atoms with Crippen molar-refractivity contribution in [2.24, 2.45) is 0 Å². The summed E-state index contributed by atoms with van der Waals surface area (Å²) in [4.78, 5) is 4.37. The summed E-state index contributed by atoms with van der Waals surface area (Å²) in [5, 5.41) is 13.5. The van der Waals surface area contributed by atoms with Gasteiger partial charge in [-0.05, 0) is 35.4 Å². The minimum absolute atomic E-state index is 0.698. The van der Waals surface area contributed by atoms with Crippen LogP contribution >= 0.6 is 0 Å². The zero-order valence-electron chi connectivity index (χ0n) is 11.6. The fourth-order valence-electron chi connectivity index (χ4n) is 2.40. The van der Waals surface area contributed by atoms with Crippen molar-refractivity contribution in [3.63, 3.8) is 0 Å². The molecule has 0 saturated carbocycles. The van der Waals surface area contributed by atoms with Gasteiger partial charge in [-0.25, -0.2) is 0 Å². The maximum absolute atomic E-state index is 8.91. The molecule has 3 heteroatoms. The van der Waals surface area contributed by atoms with Crippen LogP contribution in [-0.2, 0) is 13.1 Å². The molecule has 2 aromatic carbocycles. The molecule has 0 fully saturated rings. The molecule has 102 valence electrons. The standard InChI is InChI=1S/C18H15N3/c19-11-14-4-3-5-15(10-14)12-20-13-16-8-9-21-18-7-2-1-6-17(16)18/h1-10,20H,12-13H2. The normalized spacial score (nSPS) is 10.4. The van der Waals surface area contributed by atoms with Gasteiger partial charge in [-0.1, -0.05) is 30.3 Å². The molecule has 0 unspecified atom stereocenters. The Hall–Kier alpha value is -2.70. The van der Waals surface area contributed by atoms with Crippen molar-refractivity contribution in [3.05, 3.63) is 77.5 Å². The lowest BCUT2D eigenvalue weighted by molar-refractivity contribution is 0.696. The molecule has 0 aliphatic heterocycles. The Morgan fingerprint density at radius 1 is 1.00 bits per heavy atom. The second-order valence-electron chi connectivity index (χ2n) is 4.90. The van der Waals surface area contributed by atoms with E-state index in [9.17, 15) is 0 Å². The molecule has 3 aromatic rings. The number of nitriles is 1. The van der Waals surface area contributed by atoms with Gasteiger partial charge in [0.1, 0.15) is 0 Å². The molecule has 0 amide bonds. The lowest BCUT2D eigenvalue weighted by Gasteiger charge is -2.08. The fraction of sp³-hybridized carbons (Fsp3) is 0.111. The van der Waals surface area contributed by atoms with Crippen molar-refractivity contribution < 1.29 is 0 Å². The van der Waals surface area contributed by atoms with E-state index in [1.165, 1.54) is 10.9 Å². The molecule has 1 N–H and O–H groups in total. The molecular weight excluding hydrogens is 258 g/mol. The molecular formula is C18H15N3. The third-order valence-electron chi connectivity index (χ3n) is 3.44. The first-order valence-electron chi connectivity index (χ1n) is 6.89. The average Bonchev–Trinajstić information content (AvgIpc) is 2.55. The minimum Gasteiger partial charge on any atom is -0.309 e. The van der Waals surface area contributed by atoms with Gasteiger partial charge >= 0.3 is 0 Å². The predicted octanol–water partition coefficient (Wildman–Crippen LogP) is 3.40. The number of nitrogens with one attached hydrogen (secondary N) is 1. The van der Waals surface area contributed by atoms with Crippen LogP contribution in [0, 0.1) is 11.3 Å². The molecule has 0 bridgehead atoms. The van der Waals surface area contributed by atoms with Gasteiger partial charge in [-0.3, -0.25) is 4.98 Å². The third kappa shape index (κ3) is 3.07. The Balaban J connectivity index is 1.71. The van der Waals surface area contributed by atoms with Gasteiger partial charge < -0.3 is 5.32 Å². The van der Waals surface area contributed by atoms with Crippen molar-refractivity contribution in [1.82, 2.24) is 10.3 Å². The lowest BCUT2D eigenvalue weighted by atomic mass is 10.1. The zero-order chi connectivity index (χ0) is 14.5. The number of fused-ring (bicyclic) bond motifs is 1. The highest BCUT2D eigenvalue weighted by molar-refractivity contribution is 5.81. The van der Waals surface area contributed by atoms with E-state index in [-0.39, 0.29) is 0 Å². The minimum atomic E-state index is 0.698. The summed E-state index contributed by atoms with van der Waals surface area (Å²) >= 11 is 0. The summed E-state index contributed by atoms with van der Waals surface area (Å²) in [6, 6.07) is 20.0. The Morgan fingerprint density at radius 2 is 1.90 bits per heavy atom. The Morgan fingerprint density at radius 3 is 2.81 bits per heavy atom. The van der Waals surface area contributed by atoms with Gasteiger partial charge in [0.15, 0.2) is 0 Å². The second-order valence-corrected chi connectivity index (χ2v) is 4.90. The quantitative estimate of drug-likeness (QED) is 0.792. The first-order valence-corrected chi connectivity index (χ1v) is 6.89. The number of hydrogen-bond donors (Lipinski definition) is 1. The van der Waals surface area contributed by atoms with Crippen molar-refractivity contribution in [2.75, 3.05) is 0 Å². The monoisotopic (exact) mass is 273 g/mol. The number of aromatic nitrogens is 1. The van der Waals surface area contributed by atoms with E-state index in [0.717, 1.165) is 24.2 Å². The van der Waals surface area contributed by atoms with Gasteiger partial charge in [-0.15, -0.1) is 0 Å². The van der Waals surface area contributed by atoms with Crippen LogP contribution in [0.15, 0.2) is 60.8 Å². The Labute approximate surface area is 123 Å². The van der Waals surface area contributed by atoms with Gasteiger partial charge in [0.25, 0.3) is 0 Å². The van der Waals surface area contributed by atoms with Crippen LogP contribution in [0.3, 0.4) is 0 Å². The highest BCUT2D eigenvalue weighted by Gasteiger charge is 2.01. The van der Waals surface area contributed by atoms with Crippen LogP contribution in [0.25, 0.3) is 10.9 Å². The topological polar surface area (TPSA) is 48.7 Å². The number of pyridine rings is 1. The number of hydrogen-bond acceptors (Lipinski definition) is 3. The molecule has 0 spiro atoms. The molecule has 0 saturated heterocycles. The predicted molar refractivity (Wildman–Crippen MR) is 83.4 cm³/mol. The molecule has 21 heavy (non-hydrogen) atoms. The largest absolute Gasteiger partial charge is 0.309 e. The number of para-hydroxylation sites is 1. The molecule has 1 heterocycles. The molecule has 0 atom stereocenters. The fourth-order valence-corrected chi connectivity index (χ4v) is 2.40. The van der Waals surface area contributed by atoms with Crippen molar-refractivity contribution in [1.29, 1.82) is 5.26 Å². The summed E-state index contributed by atoms with van der Waals surface area (Å²) in [7, 11) is 0. The van der Waals surface area contributed by atoms with Crippen molar-refractivity contribution >= 4 is 10.9 Å². The van der Waals surface area contributed by atoms with Crippen molar-refractivity contribution in [2.45, 2.75) is 13.1 Å². The maximum atomic E-state index is 8.91. The Kier molecular flexibility index (Phi) is 3.90. The van der Waals surface area contributed by atoms with Gasteiger partial charge in [0.05, 0.1) is 17.1 Å². The molecule has 3 rings (SSSR count). The third-order valence-corrected chi connectivity index (χ3v) is 3.44. The maximum Gasteiger partial charge on any atom is 0.0991 e. The summed E-state index contributed by atoms with van der Waals surface area (Å²) in [5.74, 6) is 0. The SMILES string of the molecule is N#Cc1cccc(CNCc2ccnc3ccccc23)c1. The van der Waals surface area contributed by atoms with Crippen molar-refractivity contribution in [3.8, 4) is 6.07 Å². The summed E-state index contributed by atoms with van der Waals surface area (Å²) in [6.07, 6.45) is 1.84. The average molecular weight is 273 g/mol. The van der Waals surface area contributed by atoms with E-state index in [1.54, 1.807) is 0 Å². The van der Waals surface area contributed by atoms with Crippen LogP contribution < -0.4 is 5.32 Å². The number of rotatable bonds is 4. The summed E-state index contributed by atoms with van der Waals surface area (Å²) in [6.45, 7) is 1.52. The van der Waals surface area contributed by atoms with E-state index >= 15 is 0 Å². The first-order chi connectivity index (χ1) is 10.4. The van der Waals surface area contributed by atoms with Crippen LogP contribution in [-0.4, -0.2) is 4.98 Å². The molecule has 0 radical (unpaired) electrons. The summed E-state index contributed by atoms with van der Waals surface area (Å²) in [5.41, 5.74) is 4.07. The molecule has 0 aliphatic carbocycles. The van der Waals surface area contributed by atoms with Crippen LogP contribution in [0.4, 0.5) is 0 Å². The van der Waals surface area contributed by atoms with E-state index in [4.69, 9.17) is 5.26 Å².